The maximum atomic E-state index is 12.5. The Labute approximate surface area is 205 Å². The highest BCUT2D eigenvalue weighted by Crippen LogP contribution is 2.36. The standard InChI is InChI=1S/C24H16Cl4N2O2/c1-14-2-6-19(7-3-14)30-24(31)17(12-29)8-15-9-21(27)23(22(28)10-15)32-13-16-4-5-18(25)11-20(16)26/h2-11H,13H2,1H3,(H,30,31)/b17-8+. The molecular weight excluding hydrogens is 490 g/mol. The Bertz CT molecular complexity index is 1210. The third kappa shape index (κ3) is 6.18. The molecule has 1 amide bonds. The van der Waals surface area contributed by atoms with Crippen LogP contribution in [0.3, 0.4) is 0 Å². The van der Waals surface area contributed by atoms with Crippen LogP contribution in [0.4, 0.5) is 5.69 Å². The lowest BCUT2D eigenvalue weighted by atomic mass is 10.1. The highest BCUT2D eigenvalue weighted by molar-refractivity contribution is 6.37. The number of benzene rings is 3. The summed E-state index contributed by atoms with van der Waals surface area (Å²) in [6, 6.07) is 17.3. The summed E-state index contributed by atoms with van der Waals surface area (Å²) in [7, 11) is 0. The number of hydrogen-bond acceptors (Lipinski definition) is 3. The number of anilines is 1. The zero-order valence-electron chi connectivity index (χ0n) is 16.8. The molecule has 0 aromatic heterocycles. The summed E-state index contributed by atoms with van der Waals surface area (Å²) in [4.78, 5) is 12.5. The highest BCUT2D eigenvalue weighted by atomic mass is 35.5. The number of aryl methyl sites for hydroxylation is 1. The van der Waals surface area contributed by atoms with E-state index in [1.165, 1.54) is 6.08 Å². The van der Waals surface area contributed by atoms with Gasteiger partial charge in [0.15, 0.2) is 5.75 Å². The molecule has 0 spiro atoms. The van der Waals surface area contributed by atoms with E-state index in [0.717, 1.165) is 5.56 Å². The molecule has 3 rings (SSSR count). The first kappa shape index (κ1) is 24.0. The largest absolute Gasteiger partial charge is 0.486 e. The number of ether oxygens (including phenoxy) is 1. The molecule has 0 radical (unpaired) electrons. The lowest BCUT2D eigenvalue weighted by Gasteiger charge is -2.12. The monoisotopic (exact) mass is 504 g/mol. The fourth-order valence-corrected chi connectivity index (χ4v) is 3.82. The number of rotatable bonds is 6. The van der Waals surface area contributed by atoms with E-state index in [9.17, 15) is 10.1 Å². The maximum absolute atomic E-state index is 12.5. The smallest absolute Gasteiger partial charge is 0.266 e. The average Bonchev–Trinajstić information content (AvgIpc) is 2.74. The van der Waals surface area contributed by atoms with Crippen molar-refractivity contribution in [1.82, 2.24) is 0 Å². The van der Waals surface area contributed by atoms with Gasteiger partial charge in [-0.25, -0.2) is 0 Å². The quantitative estimate of drug-likeness (QED) is 0.275. The van der Waals surface area contributed by atoms with Crippen LogP contribution in [0.2, 0.25) is 20.1 Å². The molecule has 0 aliphatic carbocycles. The molecule has 0 atom stereocenters. The van der Waals surface area contributed by atoms with Gasteiger partial charge in [0.1, 0.15) is 18.2 Å². The second-order valence-electron chi connectivity index (χ2n) is 6.83. The third-order valence-electron chi connectivity index (χ3n) is 4.39. The molecule has 0 aliphatic heterocycles. The van der Waals surface area contributed by atoms with Crippen LogP contribution < -0.4 is 10.1 Å². The second kappa shape index (κ2) is 10.8. The molecule has 3 aromatic rings. The Morgan fingerprint density at radius 1 is 1.00 bits per heavy atom. The lowest BCUT2D eigenvalue weighted by Crippen LogP contribution is -2.13. The molecule has 8 heteroatoms. The van der Waals surface area contributed by atoms with E-state index in [0.29, 0.717) is 26.9 Å². The Hall–Kier alpha value is -2.68. The van der Waals surface area contributed by atoms with Crippen LogP contribution in [0, 0.1) is 18.3 Å². The van der Waals surface area contributed by atoms with E-state index in [-0.39, 0.29) is 28.0 Å². The fourth-order valence-electron chi connectivity index (χ4n) is 2.74. The SMILES string of the molecule is Cc1ccc(NC(=O)/C(C#N)=C/c2cc(Cl)c(OCc3ccc(Cl)cc3Cl)c(Cl)c2)cc1. The number of nitriles is 1. The van der Waals surface area contributed by atoms with Crippen LogP contribution in [0.1, 0.15) is 16.7 Å². The summed E-state index contributed by atoms with van der Waals surface area (Å²) >= 11 is 24.7. The van der Waals surface area contributed by atoms with Crippen LogP contribution >= 0.6 is 46.4 Å². The van der Waals surface area contributed by atoms with E-state index in [2.05, 4.69) is 5.32 Å². The van der Waals surface area contributed by atoms with Gasteiger partial charge in [0.25, 0.3) is 5.91 Å². The molecule has 1 N–H and O–H groups in total. The van der Waals surface area contributed by atoms with E-state index < -0.39 is 5.91 Å². The highest BCUT2D eigenvalue weighted by Gasteiger charge is 2.14. The molecule has 0 bridgehead atoms. The number of halogens is 4. The van der Waals surface area contributed by atoms with Gasteiger partial charge in [0.2, 0.25) is 0 Å². The van der Waals surface area contributed by atoms with Gasteiger partial charge in [-0.2, -0.15) is 5.26 Å². The topological polar surface area (TPSA) is 62.1 Å². The van der Waals surface area contributed by atoms with Gasteiger partial charge in [-0.1, -0.05) is 70.2 Å². The molecule has 0 aliphatic rings. The maximum Gasteiger partial charge on any atom is 0.266 e. The van der Waals surface area contributed by atoms with Crippen molar-refractivity contribution in [3.05, 3.63) is 97.0 Å². The van der Waals surface area contributed by atoms with Crippen LogP contribution in [-0.2, 0) is 11.4 Å². The first-order valence-electron chi connectivity index (χ1n) is 9.32. The summed E-state index contributed by atoms with van der Waals surface area (Å²) in [5, 5.41) is 13.6. The fraction of sp³-hybridized carbons (Fsp3) is 0.0833. The van der Waals surface area contributed by atoms with Crippen molar-refractivity contribution >= 4 is 64.1 Å². The Kier molecular flexibility index (Phi) is 8.06. The van der Waals surface area contributed by atoms with Crippen molar-refractivity contribution in [3.63, 3.8) is 0 Å². The van der Waals surface area contributed by atoms with E-state index in [4.69, 9.17) is 51.1 Å². The zero-order valence-corrected chi connectivity index (χ0v) is 19.8. The first-order chi connectivity index (χ1) is 15.3. The second-order valence-corrected chi connectivity index (χ2v) is 8.49. The molecular formula is C24H16Cl4N2O2. The summed E-state index contributed by atoms with van der Waals surface area (Å²) in [6.07, 6.45) is 1.40. The molecule has 0 saturated heterocycles. The number of nitrogens with zero attached hydrogens (tertiary/aromatic N) is 1. The summed E-state index contributed by atoms with van der Waals surface area (Å²) in [5.41, 5.74) is 2.74. The predicted octanol–water partition coefficient (Wildman–Crippen LogP) is 7.73. The van der Waals surface area contributed by atoms with Crippen molar-refractivity contribution in [2.24, 2.45) is 0 Å². The van der Waals surface area contributed by atoms with Crippen LogP contribution in [0.5, 0.6) is 5.75 Å². The molecule has 0 unspecified atom stereocenters. The Balaban J connectivity index is 1.77. The minimum Gasteiger partial charge on any atom is -0.486 e. The van der Waals surface area contributed by atoms with Gasteiger partial charge in [-0.05, 0) is 55.0 Å². The normalized spacial score (nSPS) is 11.1. The van der Waals surface area contributed by atoms with Crippen molar-refractivity contribution in [2.75, 3.05) is 5.32 Å². The lowest BCUT2D eigenvalue weighted by molar-refractivity contribution is -0.112. The van der Waals surface area contributed by atoms with E-state index >= 15 is 0 Å². The van der Waals surface area contributed by atoms with Crippen molar-refractivity contribution in [3.8, 4) is 11.8 Å². The predicted molar refractivity (Wildman–Crippen MR) is 131 cm³/mol. The first-order valence-corrected chi connectivity index (χ1v) is 10.8. The van der Waals surface area contributed by atoms with Crippen molar-refractivity contribution in [2.45, 2.75) is 13.5 Å². The minimum absolute atomic E-state index is 0.0978. The van der Waals surface area contributed by atoms with Crippen LogP contribution in [0.15, 0.2) is 60.2 Å². The Morgan fingerprint density at radius 2 is 1.66 bits per heavy atom. The summed E-state index contributed by atoms with van der Waals surface area (Å²) in [6.45, 7) is 2.07. The molecule has 0 saturated carbocycles. The van der Waals surface area contributed by atoms with Gasteiger partial charge in [0.05, 0.1) is 10.0 Å². The molecule has 0 heterocycles. The molecule has 3 aromatic carbocycles. The van der Waals surface area contributed by atoms with Crippen LogP contribution in [0.25, 0.3) is 6.08 Å². The van der Waals surface area contributed by atoms with Gasteiger partial charge in [-0.3, -0.25) is 4.79 Å². The van der Waals surface area contributed by atoms with Gasteiger partial charge in [-0.15, -0.1) is 0 Å². The van der Waals surface area contributed by atoms with Gasteiger partial charge in [0, 0.05) is 21.3 Å². The molecule has 162 valence electrons. The number of hydrogen-bond donors (Lipinski definition) is 1. The minimum atomic E-state index is -0.540. The van der Waals surface area contributed by atoms with Crippen molar-refractivity contribution < 1.29 is 9.53 Å². The van der Waals surface area contributed by atoms with E-state index in [1.54, 1.807) is 42.5 Å². The molecule has 0 fully saturated rings. The van der Waals surface area contributed by atoms with Crippen LogP contribution in [-0.4, -0.2) is 5.91 Å². The summed E-state index contributed by atoms with van der Waals surface area (Å²) in [5.74, 6) is -0.277. The number of nitrogens with one attached hydrogen (secondary N) is 1. The molecule has 4 nitrogen and oxygen atoms in total. The molecule has 32 heavy (non-hydrogen) atoms. The van der Waals surface area contributed by atoms with Crippen molar-refractivity contribution in [1.29, 1.82) is 5.26 Å². The van der Waals surface area contributed by atoms with E-state index in [1.807, 2.05) is 25.1 Å². The number of carbonyl (C=O) groups excluding carboxylic acids is 1. The summed E-state index contributed by atoms with van der Waals surface area (Å²) < 4.78 is 5.74. The third-order valence-corrected chi connectivity index (χ3v) is 5.54. The number of amides is 1. The number of carbonyl (C=O) groups is 1. The van der Waals surface area contributed by atoms with Gasteiger partial charge >= 0.3 is 0 Å². The average molecular weight is 506 g/mol. The van der Waals surface area contributed by atoms with Gasteiger partial charge < -0.3 is 10.1 Å². The zero-order chi connectivity index (χ0) is 23.3. The Morgan fingerprint density at radius 3 is 2.25 bits per heavy atom.